The number of morpholine rings is 1. The standard InChI is InChI=1S/C23H29N3O2/c1-23(2,27)9-10-26-17-21-8-7-20(15-22(21)24-26)19-5-3-18(4-6-19)16-25-11-13-28-14-12-25/h3-8,15,17,27H,9-14,16H2,1-2H3. The molecule has 1 aromatic heterocycles. The SMILES string of the molecule is CC(C)(O)CCn1cc2ccc(-c3ccc(CN4CCOCC4)cc3)cc2n1. The molecule has 2 aromatic carbocycles. The Bertz CT molecular complexity index is 919. The summed E-state index contributed by atoms with van der Waals surface area (Å²) in [6, 6.07) is 15.3. The molecule has 3 aromatic rings. The van der Waals surface area contributed by atoms with Crippen LogP contribution in [0.1, 0.15) is 25.8 Å². The third-order valence-electron chi connectivity index (χ3n) is 5.30. The highest BCUT2D eigenvalue weighted by Gasteiger charge is 2.13. The Morgan fingerprint density at radius 2 is 1.75 bits per heavy atom. The molecule has 0 spiro atoms. The molecule has 0 atom stereocenters. The molecule has 0 amide bonds. The maximum atomic E-state index is 9.92. The molecule has 4 rings (SSSR count). The van der Waals surface area contributed by atoms with E-state index in [4.69, 9.17) is 4.74 Å². The summed E-state index contributed by atoms with van der Waals surface area (Å²) in [5.41, 5.74) is 4.04. The van der Waals surface area contributed by atoms with Gasteiger partial charge in [-0.15, -0.1) is 0 Å². The van der Waals surface area contributed by atoms with E-state index in [0.29, 0.717) is 13.0 Å². The molecular weight excluding hydrogens is 350 g/mol. The second-order valence-electron chi connectivity index (χ2n) is 8.31. The summed E-state index contributed by atoms with van der Waals surface area (Å²) in [4.78, 5) is 2.44. The van der Waals surface area contributed by atoms with Gasteiger partial charge in [0.15, 0.2) is 0 Å². The molecule has 0 aliphatic carbocycles. The minimum atomic E-state index is -0.674. The number of aryl methyl sites for hydroxylation is 1. The molecule has 1 aliphatic rings. The lowest BCUT2D eigenvalue weighted by atomic mass is 10.0. The summed E-state index contributed by atoms with van der Waals surface area (Å²) < 4.78 is 7.35. The van der Waals surface area contributed by atoms with Gasteiger partial charge in [-0.05, 0) is 43.0 Å². The Morgan fingerprint density at radius 3 is 2.46 bits per heavy atom. The van der Waals surface area contributed by atoms with Gasteiger partial charge < -0.3 is 9.84 Å². The van der Waals surface area contributed by atoms with Crippen LogP contribution in [0.15, 0.2) is 48.7 Å². The highest BCUT2D eigenvalue weighted by Crippen LogP contribution is 2.25. The Morgan fingerprint density at radius 1 is 1.04 bits per heavy atom. The van der Waals surface area contributed by atoms with E-state index in [9.17, 15) is 5.11 Å². The Hall–Kier alpha value is -2.21. The van der Waals surface area contributed by atoms with Crippen LogP contribution < -0.4 is 0 Å². The van der Waals surface area contributed by atoms with Gasteiger partial charge in [0.1, 0.15) is 0 Å². The third kappa shape index (κ3) is 4.79. The third-order valence-corrected chi connectivity index (χ3v) is 5.30. The Labute approximate surface area is 166 Å². The molecule has 0 radical (unpaired) electrons. The van der Waals surface area contributed by atoms with Crippen LogP contribution in [0.25, 0.3) is 22.0 Å². The number of ether oxygens (including phenoxy) is 1. The summed E-state index contributed by atoms with van der Waals surface area (Å²) >= 11 is 0. The van der Waals surface area contributed by atoms with Crippen molar-refractivity contribution in [1.29, 1.82) is 0 Å². The molecule has 2 heterocycles. The molecule has 28 heavy (non-hydrogen) atoms. The largest absolute Gasteiger partial charge is 0.390 e. The van der Waals surface area contributed by atoms with Gasteiger partial charge in [-0.1, -0.05) is 36.4 Å². The molecule has 0 saturated carbocycles. The maximum absolute atomic E-state index is 9.92. The van der Waals surface area contributed by atoms with E-state index in [-0.39, 0.29) is 0 Å². The lowest BCUT2D eigenvalue weighted by Gasteiger charge is -2.26. The minimum absolute atomic E-state index is 0.674. The van der Waals surface area contributed by atoms with Crippen LogP contribution in [0.4, 0.5) is 0 Å². The number of aliphatic hydroxyl groups is 1. The quantitative estimate of drug-likeness (QED) is 0.710. The van der Waals surface area contributed by atoms with Gasteiger partial charge in [0.25, 0.3) is 0 Å². The molecule has 5 heteroatoms. The average Bonchev–Trinajstić information content (AvgIpc) is 3.10. The van der Waals surface area contributed by atoms with E-state index >= 15 is 0 Å². The zero-order chi connectivity index (χ0) is 19.6. The van der Waals surface area contributed by atoms with Crippen molar-refractivity contribution in [3.8, 4) is 11.1 Å². The van der Waals surface area contributed by atoms with Crippen LogP contribution in [0.3, 0.4) is 0 Å². The van der Waals surface area contributed by atoms with E-state index in [2.05, 4.69) is 58.7 Å². The minimum Gasteiger partial charge on any atom is -0.390 e. The first kappa shape index (κ1) is 19.1. The monoisotopic (exact) mass is 379 g/mol. The lowest BCUT2D eigenvalue weighted by Crippen LogP contribution is -2.35. The van der Waals surface area contributed by atoms with Gasteiger partial charge in [-0.3, -0.25) is 9.58 Å². The Balaban J connectivity index is 1.47. The zero-order valence-corrected chi connectivity index (χ0v) is 16.8. The van der Waals surface area contributed by atoms with Crippen LogP contribution in [0, 0.1) is 0 Å². The molecule has 1 aliphatic heterocycles. The molecular formula is C23H29N3O2. The molecule has 1 saturated heterocycles. The molecule has 5 nitrogen and oxygen atoms in total. The number of rotatable bonds is 6. The molecule has 0 bridgehead atoms. The van der Waals surface area contributed by atoms with Gasteiger partial charge in [0.05, 0.1) is 24.3 Å². The van der Waals surface area contributed by atoms with Crippen molar-refractivity contribution in [3.05, 3.63) is 54.2 Å². The number of hydrogen-bond acceptors (Lipinski definition) is 4. The van der Waals surface area contributed by atoms with E-state index < -0.39 is 5.60 Å². The predicted octanol–water partition coefficient (Wildman–Crippen LogP) is 3.70. The summed E-state index contributed by atoms with van der Waals surface area (Å²) in [6.07, 6.45) is 2.73. The first-order valence-electron chi connectivity index (χ1n) is 10.1. The van der Waals surface area contributed by atoms with Crippen LogP contribution in [-0.4, -0.2) is 51.7 Å². The lowest BCUT2D eigenvalue weighted by molar-refractivity contribution is 0.0342. The van der Waals surface area contributed by atoms with Crippen molar-refractivity contribution in [3.63, 3.8) is 0 Å². The second kappa shape index (κ2) is 8.03. The topological polar surface area (TPSA) is 50.5 Å². The van der Waals surface area contributed by atoms with Crippen molar-refractivity contribution >= 4 is 10.9 Å². The zero-order valence-electron chi connectivity index (χ0n) is 16.8. The van der Waals surface area contributed by atoms with Gasteiger partial charge in [-0.2, -0.15) is 5.10 Å². The summed E-state index contributed by atoms with van der Waals surface area (Å²) in [7, 11) is 0. The molecule has 1 fully saturated rings. The Kier molecular flexibility index (Phi) is 5.49. The molecule has 148 valence electrons. The summed E-state index contributed by atoms with van der Waals surface area (Å²) in [5, 5.41) is 15.7. The van der Waals surface area contributed by atoms with E-state index in [1.165, 1.54) is 16.7 Å². The maximum Gasteiger partial charge on any atom is 0.0929 e. The smallest absolute Gasteiger partial charge is 0.0929 e. The molecule has 1 N–H and O–H groups in total. The number of nitrogens with zero attached hydrogens (tertiary/aromatic N) is 3. The van der Waals surface area contributed by atoms with E-state index in [0.717, 1.165) is 43.8 Å². The van der Waals surface area contributed by atoms with Gasteiger partial charge in [-0.25, -0.2) is 0 Å². The van der Waals surface area contributed by atoms with Crippen LogP contribution in [0.2, 0.25) is 0 Å². The van der Waals surface area contributed by atoms with Crippen molar-refractivity contribution in [2.24, 2.45) is 0 Å². The predicted molar refractivity (Wildman–Crippen MR) is 112 cm³/mol. The average molecular weight is 380 g/mol. The number of fused-ring (bicyclic) bond motifs is 1. The fourth-order valence-electron chi connectivity index (χ4n) is 3.57. The second-order valence-corrected chi connectivity index (χ2v) is 8.31. The van der Waals surface area contributed by atoms with E-state index in [1.807, 2.05) is 18.5 Å². The number of hydrogen-bond donors (Lipinski definition) is 1. The fraction of sp³-hybridized carbons (Fsp3) is 0.435. The highest BCUT2D eigenvalue weighted by atomic mass is 16.5. The van der Waals surface area contributed by atoms with Crippen molar-refractivity contribution in [2.45, 2.75) is 39.0 Å². The first-order valence-corrected chi connectivity index (χ1v) is 10.1. The van der Waals surface area contributed by atoms with Crippen molar-refractivity contribution in [1.82, 2.24) is 14.7 Å². The van der Waals surface area contributed by atoms with Crippen LogP contribution in [-0.2, 0) is 17.8 Å². The first-order chi connectivity index (χ1) is 13.5. The van der Waals surface area contributed by atoms with Crippen LogP contribution >= 0.6 is 0 Å². The summed E-state index contributed by atoms with van der Waals surface area (Å²) in [6.45, 7) is 9.04. The number of aromatic nitrogens is 2. The normalized spacial score (nSPS) is 16.0. The molecule has 0 unspecified atom stereocenters. The van der Waals surface area contributed by atoms with E-state index in [1.54, 1.807) is 0 Å². The highest BCUT2D eigenvalue weighted by molar-refractivity contribution is 5.83. The van der Waals surface area contributed by atoms with Gasteiger partial charge >= 0.3 is 0 Å². The van der Waals surface area contributed by atoms with Crippen molar-refractivity contribution < 1.29 is 9.84 Å². The van der Waals surface area contributed by atoms with Crippen molar-refractivity contribution in [2.75, 3.05) is 26.3 Å². The van der Waals surface area contributed by atoms with Crippen LogP contribution in [0.5, 0.6) is 0 Å². The fourth-order valence-corrected chi connectivity index (χ4v) is 3.57. The number of benzene rings is 2. The van der Waals surface area contributed by atoms with Gasteiger partial charge in [0, 0.05) is 37.8 Å². The van der Waals surface area contributed by atoms with Gasteiger partial charge in [0.2, 0.25) is 0 Å². The summed E-state index contributed by atoms with van der Waals surface area (Å²) in [5.74, 6) is 0.